The summed E-state index contributed by atoms with van der Waals surface area (Å²) in [6.07, 6.45) is -2.75. The number of fused-ring (bicyclic) bond motifs is 6. The zero-order valence-corrected chi connectivity index (χ0v) is 41.9. The minimum atomic E-state index is -1.69. The maximum atomic E-state index is 11.2. The second kappa shape index (κ2) is 16.1. The number of aryl methyl sites for hydroxylation is 2. The predicted octanol–water partition coefficient (Wildman–Crippen LogP) is 5.67. The van der Waals surface area contributed by atoms with E-state index in [4.69, 9.17) is 18.9 Å². The summed E-state index contributed by atoms with van der Waals surface area (Å²) in [5.41, 5.74) is 7.85. The quantitative estimate of drug-likeness (QED) is 0.0615. The van der Waals surface area contributed by atoms with Crippen LogP contribution < -0.4 is 0 Å². The molecule has 18 rings (SSSR count). The van der Waals surface area contributed by atoms with Crippen LogP contribution in [0.1, 0.15) is 86.8 Å². The highest BCUT2D eigenvalue weighted by Gasteiger charge is 2.67. The molecule has 4 saturated heterocycles. The molecule has 0 radical (unpaired) electrons. The van der Waals surface area contributed by atoms with E-state index < -0.39 is 72.6 Å². The van der Waals surface area contributed by atoms with Gasteiger partial charge in [0.25, 0.3) is 0 Å². The van der Waals surface area contributed by atoms with Gasteiger partial charge in [-0.25, -0.2) is 0 Å². The van der Waals surface area contributed by atoms with Crippen molar-refractivity contribution in [2.24, 2.45) is 0 Å². The molecule has 4 aliphatic carbocycles. The van der Waals surface area contributed by atoms with E-state index in [1.807, 2.05) is 46.7 Å². The summed E-state index contributed by atoms with van der Waals surface area (Å²) in [6, 6.07) is 14.6. The van der Waals surface area contributed by atoms with E-state index in [9.17, 15) is 40.9 Å². The van der Waals surface area contributed by atoms with Crippen molar-refractivity contribution < 1.29 is 59.8 Å². The van der Waals surface area contributed by atoms with E-state index in [2.05, 4.69) is 41.0 Å². The van der Waals surface area contributed by atoms with Gasteiger partial charge in [0.15, 0.2) is 11.6 Å². The van der Waals surface area contributed by atoms with Crippen LogP contribution in [0.25, 0.3) is 86.4 Å². The second-order valence-electron chi connectivity index (χ2n) is 21.6. The van der Waals surface area contributed by atoms with Crippen molar-refractivity contribution in [3.63, 3.8) is 0 Å². The summed E-state index contributed by atoms with van der Waals surface area (Å²) < 4.78 is 26.3. The Morgan fingerprint density at radius 2 is 0.931 bits per heavy atom. The van der Waals surface area contributed by atoms with Crippen LogP contribution in [0.3, 0.4) is 0 Å². The van der Waals surface area contributed by atoms with Gasteiger partial charge in [-0.2, -0.15) is 0 Å². The molecule has 10 atom stereocenters. The second-order valence-corrected chi connectivity index (χ2v) is 21.6. The van der Waals surface area contributed by atoms with Crippen LogP contribution in [-0.2, 0) is 51.2 Å². The maximum absolute atomic E-state index is 11.2. The fourth-order valence-electron chi connectivity index (χ4n) is 15.0. The predicted molar refractivity (Wildman–Crippen MR) is 277 cm³/mol. The van der Waals surface area contributed by atoms with Gasteiger partial charge in [0, 0.05) is 47.5 Å². The number of aliphatic hydroxyl groups excluding tert-OH is 6. The van der Waals surface area contributed by atoms with Crippen molar-refractivity contribution in [1.82, 2.24) is 9.47 Å². The lowest BCUT2D eigenvalue weighted by Crippen LogP contribution is -2.76. The zero-order valence-electron chi connectivity index (χ0n) is 41.9. The molecule has 0 amide bonds. The van der Waals surface area contributed by atoms with Crippen LogP contribution in [0, 0.1) is 0 Å². The molecule has 6 heterocycles. The summed E-state index contributed by atoms with van der Waals surface area (Å²) in [7, 11) is 3.79. The lowest BCUT2D eigenvalue weighted by molar-refractivity contribution is -0.417. The molecule has 6 fully saturated rings. The number of nitrogens with zero attached hydrogens (tertiary/aromatic N) is 2. The largest absolute Gasteiger partial charge is 0.394 e. The Labute approximate surface area is 416 Å². The van der Waals surface area contributed by atoms with E-state index in [1.165, 1.54) is 120 Å². The van der Waals surface area contributed by atoms with Gasteiger partial charge >= 0.3 is 0 Å². The molecular formula is C58H66N2O12. The summed E-state index contributed by atoms with van der Waals surface area (Å²) in [4.78, 5) is 1.92. The number of ether oxygens (including phenoxy) is 4. The first-order valence-electron chi connectivity index (χ1n) is 26.4. The van der Waals surface area contributed by atoms with Crippen molar-refractivity contribution in [1.29, 1.82) is 0 Å². The van der Waals surface area contributed by atoms with Crippen molar-refractivity contribution in [2.75, 3.05) is 47.1 Å². The number of aliphatic hydroxyl groups is 8. The molecule has 1 aromatic heterocycles. The molecule has 14 heteroatoms. The summed E-state index contributed by atoms with van der Waals surface area (Å²) in [6.45, 7) is 8.86. The molecule has 0 spiro atoms. The first-order chi connectivity index (χ1) is 34.8. The minimum Gasteiger partial charge on any atom is -0.394 e. The van der Waals surface area contributed by atoms with Crippen molar-refractivity contribution in [3.8, 4) is 0 Å². The normalized spacial score (nSPS) is 31.7. The highest BCUT2D eigenvalue weighted by atomic mass is 16.7. The Balaban J connectivity index is 0.000000186. The summed E-state index contributed by atoms with van der Waals surface area (Å²) in [5, 5.41) is 103. The smallest absolute Gasteiger partial charge is 0.197 e. The van der Waals surface area contributed by atoms with Crippen LogP contribution in [0.2, 0.25) is 0 Å². The van der Waals surface area contributed by atoms with Gasteiger partial charge in [0.1, 0.15) is 47.8 Å². The molecule has 14 nitrogen and oxygen atoms in total. The van der Waals surface area contributed by atoms with Gasteiger partial charge in [-0.15, -0.1) is 0 Å². The third-order valence-corrected chi connectivity index (χ3v) is 18.2. The highest BCUT2D eigenvalue weighted by molar-refractivity contribution is 6.55. The van der Waals surface area contributed by atoms with Crippen LogP contribution in [0.5, 0.6) is 0 Å². The van der Waals surface area contributed by atoms with Crippen LogP contribution >= 0.6 is 0 Å². The SMILES string of the molecule is CC.CC.CN(C)CCOC12CCC(O)(C(CO)O1)C(O)C2O.OCC1OC2(OCCn3c4c5cc6c7c8c(cc9ccc%10cc%11c%12c%13c(cc(c3c%13c(c3c8c9c%10c%123)c74)CC5)C%11)C6)CCC1(O)C(O)C2O. The molecule has 2 saturated carbocycles. The minimum absolute atomic E-state index is 0.182. The molecule has 10 unspecified atom stereocenters. The lowest BCUT2D eigenvalue weighted by Gasteiger charge is -2.58. The first kappa shape index (κ1) is 47.4. The van der Waals surface area contributed by atoms with E-state index >= 15 is 0 Å². The van der Waals surface area contributed by atoms with Crippen LogP contribution in [-0.4, -0.2) is 157 Å². The van der Waals surface area contributed by atoms with Crippen LogP contribution in [0.15, 0.2) is 36.4 Å². The third kappa shape index (κ3) is 5.69. The average Bonchev–Trinajstić information content (AvgIpc) is 4.04. The Hall–Kier alpha value is -4.36. The summed E-state index contributed by atoms with van der Waals surface area (Å²) in [5.74, 6) is -2.83. The number of hydrogen-bond acceptors (Lipinski definition) is 13. The van der Waals surface area contributed by atoms with Gasteiger partial charge in [-0.05, 0) is 140 Å². The average molecular weight is 983 g/mol. The maximum Gasteiger partial charge on any atom is 0.197 e. The number of hydrogen-bond donors (Lipinski definition) is 8. The van der Waals surface area contributed by atoms with Gasteiger partial charge in [-0.3, -0.25) is 0 Å². The fourth-order valence-corrected chi connectivity index (χ4v) is 15.0. The summed E-state index contributed by atoms with van der Waals surface area (Å²) >= 11 is 0. The van der Waals surface area contributed by atoms with Crippen molar-refractivity contribution in [2.45, 2.75) is 145 Å². The highest BCUT2D eigenvalue weighted by Crippen LogP contribution is 2.61. The standard InChI is InChI=1S/C42H31NO6.C12H23NO6.2C2H6/c44-15-24-41(47)5-6-42(49-24,40(46)39(41)45)48-8-7-43-37-18-3-4-19-12-23-14-21-10-17-2-1-16-9-20-13-22(11-18)29-27(20)31-25(16)26(17)32-28(21)30(23)36(38(19)43)34(33(31)32)35(29)37;1-13(2)5-6-18-12-4-3-11(17,8(7-14)19-12)9(15)10(12)16;2*1-2/h1-2,9-12,24,39-40,44-47H,3-8,13-15H2;8-10,14-17H,3-7H2,1-2H3;2*1-2H3. The molecule has 8 aromatic carbocycles. The molecule has 5 aliphatic heterocycles. The molecule has 9 aliphatic rings. The monoisotopic (exact) mass is 982 g/mol. The van der Waals surface area contributed by atoms with Gasteiger partial charge in [0.05, 0.1) is 37.5 Å². The van der Waals surface area contributed by atoms with E-state index in [-0.39, 0.29) is 32.3 Å². The van der Waals surface area contributed by atoms with Crippen LogP contribution in [0.4, 0.5) is 0 Å². The third-order valence-electron chi connectivity index (χ3n) is 18.2. The van der Waals surface area contributed by atoms with Crippen molar-refractivity contribution in [3.05, 3.63) is 69.8 Å². The van der Waals surface area contributed by atoms with Crippen molar-refractivity contribution >= 4 is 86.4 Å². The Bertz CT molecular complexity index is 3430. The Morgan fingerprint density at radius 1 is 0.528 bits per heavy atom. The van der Waals surface area contributed by atoms with E-state index in [1.54, 1.807) is 0 Å². The molecule has 72 heavy (non-hydrogen) atoms. The Kier molecular flexibility index (Phi) is 10.6. The number of pyridine rings is 1. The van der Waals surface area contributed by atoms with E-state index in [0.29, 0.717) is 19.7 Å². The number of benzene rings is 7. The number of aromatic nitrogens is 1. The van der Waals surface area contributed by atoms with Gasteiger partial charge in [0.2, 0.25) is 0 Å². The Morgan fingerprint density at radius 3 is 1.38 bits per heavy atom. The fraction of sp³-hybridized carbons (Fsp3) is 0.517. The number of likely N-dealkylation sites (N-methyl/N-ethyl adjacent to an activating group) is 1. The molecular weight excluding hydrogens is 917 g/mol. The zero-order chi connectivity index (χ0) is 50.3. The molecule has 8 N–H and O–H groups in total. The molecule has 9 aromatic rings. The van der Waals surface area contributed by atoms with Gasteiger partial charge < -0.3 is 69.3 Å². The number of rotatable bonds is 10. The molecule has 380 valence electrons. The van der Waals surface area contributed by atoms with Gasteiger partial charge in [-0.1, -0.05) is 64.1 Å². The molecule has 6 bridgehead atoms. The topological polar surface area (TPSA) is 207 Å². The van der Waals surface area contributed by atoms with E-state index in [0.717, 1.165) is 25.7 Å². The first-order valence-corrected chi connectivity index (χ1v) is 26.4. The lowest BCUT2D eigenvalue weighted by atomic mass is 9.70.